The highest BCUT2D eigenvalue weighted by molar-refractivity contribution is 5.85. The maximum Gasteiger partial charge on any atom is 0.126 e. The summed E-state index contributed by atoms with van der Waals surface area (Å²) in [6.45, 7) is 13.4. The fourth-order valence-electron chi connectivity index (χ4n) is 11.2. The molecule has 10 aromatic carbocycles. The van der Waals surface area contributed by atoms with Gasteiger partial charge in [0.1, 0.15) is 11.5 Å². The molecule has 0 fully saturated rings. The van der Waals surface area contributed by atoms with Crippen LogP contribution in [0.5, 0.6) is 11.5 Å². The number of hydrogen-bond acceptors (Lipinski definition) is 6. The molecule has 0 aromatic heterocycles. The van der Waals surface area contributed by atoms with E-state index in [-0.39, 0.29) is 5.41 Å². The molecule has 0 unspecified atom stereocenters. The van der Waals surface area contributed by atoms with Crippen LogP contribution >= 0.6 is 0 Å². The number of benzene rings is 10. The van der Waals surface area contributed by atoms with Gasteiger partial charge in [0.15, 0.2) is 0 Å². The first-order valence-electron chi connectivity index (χ1n) is 28.7. The number of rotatable bonds is 22. The molecule has 6 heteroatoms. The Balaban J connectivity index is 0.995. The third-order valence-electron chi connectivity index (χ3n) is 15.5. The predicted molar refractivity (Wildman–Crippen MR) is 344 cm³/mol. The van der Waals surface area contributed by atoms with Gasteiger partial charge in [0, 0.05) is 79.9 Å². The number of ether oxygens (including phenoxy) is 2. The van der Waals surface area contributed by atoms with Gasteiger partial charge in [0.05, 0.1) is 14.2 Å². The molecule has 10 rings (SSSR count). The Labute approximate surface area is 482 Å². The third kappa shape index (κ3) is 12.9. The zero-order valence-corrected chi connectivity index (χ0v) is 48.4. The molecular formula is C75H76N4O2. The molecule has 0 heterocycles. The second-order valence-corrected chi connectivity index (χ2v) is 22.0. The van der Waals surface area contributed by atoms with Gasteiger partial charge in [-0.15, -0.1) is 0 Å². The summed E-state index contributed by atoms with van der Waals surface area (Å²) < 4.78 is 11.9. The van der Waals surface area contributed by atoms with Crippen molar-refractivity contribution < 1.29 is 9.47 Å². The Bertz CT molecular complexity index is 3500. The number of methoxy groups -OCH3 is 2. The molecule has 0 aliphatic carbocycles. The summed E-state index contributed by atoms with van der Waals surface area (Å²) in [6, 6.07) is 87.8. The number of hydrogen-bond donors (Lipinski definition) is 0. The van der Waals surface area contributed by atoms with Crippen LogP contribution in [0.25, 0.3) is 0 Å². The zero-order chi connectivity index (χ0) is 56.3. The van der Waals surface area contributed by atoms with Crippen molar-refractivity contribution in [1.82, 2.24) is 0 Å². The van der Waals surface area contributed by atoms with E-state index >= 15 is 0 Å². The maximum atomic E-state index is 5.97. The molecule has 0 saturated heterocycles. The van der Waals surface area contributed by atoms with Crippen LogP contribution in [0, 0.1) is 20.8 Å². The summed E-state index contributed by atoms with van der Waals surface area (Å²) in [5.41, 5.74) is 20.3. The average Bonchev–Trinajstić information content (AvgIpc) is 3.50. The lowest BCUT2D eigenvalue weighted by Crippen LogP contribution is -2.19. The molecule has 0 radical (unpaired) electrons. The lowest BCUT2D eigenvalue weighted by molar-refractivity contribution is 0.368. The smallest absolute Gasteiger partial charge is 0.126 e. The topological polar surface area (TPSA) is 31.4 Å². The van der Waals surface area contributed by atoms with E-state index in [1.165, 1.54) is 52.6 Å². The van der Waals surface area contributed by atoms with Crippen LogP contribution in [0.2, 0.25) is 0 Å². The van der Waals surface area contributed by atoms with Crippen LogP contribution < -0.4 is 29.1 Å². The van der Waals surface area contributed by atoms with E-state index in [0.717, 1.165) is 99.0 Å². The number of nitrogens with zero attached hydrogens (tertiary/aromatic N) is 4. The molecule has 408 valence electrons. The Morgan fingerprint density at radius 1 is 0.333 bits per heavy atom. The minimum absolute atomic E-state index is 0.0171. The van der Waals surface area contributed by atoms with E-state index in [4.69, 9.17) is 9.47 Å². The molecule has 10 aromatic rings. The highest BCUT2D eigenvalue weighted by Crippen LogP contribution is 2.44. The van der Waals surface area contributed by atoms with Crippen LogP contribution in [-0.2, 0) is 18.3 Å². The van der Waals surface area contributed by atoms with Crippen LogP contribution in [0.1, 0.15) is 79.8 Å². The van der Waals surface area contributed by atoms with Crippen molar-refractivity contribution in [3.63, 3.8) is 0 Å². The van der Waals surface area contributed by atoms with Crippen molar-refractivity contribution in [1.29, 1.82) is 0 Å². The first-order chi connectivity index (χ1) is 39.5. The lowest BCUT2D eigenvalue weighted by Gasteiger charge is -2.30. The number of unbranched alkanes of at least 4 members (excludes halogenated alkanes) is 2. The van der Waals surface area contributed by atoms with Gasteiger partial charge in [-0.3, -0.25) is 0 Å². The second kappa shape index (κ2) is 25.4. The van der Waals surface area contributed by atoms with Crippen LogP contribution in [0.15, 0.2) is 243 Å². The highest BCUT2D eigenvalue weighted by atomic mass is 16.5. The van der Waals surface area contributed by atoms with Crippen LogP contribution in [-0.4, -0.2) is 14.2 Å². The number of aryl methyl sites for hydroxylation is 5. The molecule has 0 saturated carbocycles. The van der Waals surface area contributed by atoms with Gasteiger partial charge in [0.2, 0.25) is 0 Å². The highest BCUT2D eigenvalue weighted by Gasteiger charge is 2.27. The van der Waals surface area contributed by atoms with E-state index < -0.39 is 0 Å². The molecule has 0 atom stereocenters. The van der Waals surface area contributed by atoms with Crippen molar-refractivity contribution in [3.8, 4) is 11.5 Å². The molecule has 0 amide bonds. The van der Waals surface area contributed by atoms with E-state index in [1.54, 1.807) is 14.2 Å². The monoisotopic (exact) mass is 1060 g/mol. The van der Waals surface area contributed by atoms with Gasteiger partial charge in [-0.1, -0.05) is 125 Å². The van der Waals surface area contributed by atoms with Crippen LogP contribution in [0.3, 0.4) is 0 Å². The lowest BCUT2D eigenvalue weighted by atomic mass is 9.78. The summed E-state index contributed by atoms with van der Waals surface area (Å²) in [5.74, 6) is 1.77. The van der Waals surface area contributed by atoms with Crippen LogP contribution in [0.4, 0.5) is 68.2 Å². The summed E-state index contributed by atoms with van der Waals surface area (Å²) in [5, 5.41) is 0. The average molecular weight is 1070 g/mol. The molecule has 0 N–H and O–H groups in total. The zero-order valence-electron chi connectivity index (χ0n) is 48.4. The SMILES string of the molecule is CCCCCC(C)(C)c1cc(CCc2ccc(N(c3ccc(N(c4ccc(N(c5ccccc5)c5cccc(C)c5)cc4)c4ccc(N(c5ccccc5)c5cccc(C)c5)cc4)cc3)c3cccc(C)c3)cc2)c(OC)cc1OC. The fourth-order valence-corrected chi connectivity index (χ4v) is 11.2. The number of para-hydroxylation sites is 2. The van der Waals surface area contributed by atoms with Gasteiger partial charge in [-0.25, -0.2) is 0 Å². The molecule has 6 nitrogen and oxygen atoms in total. The summed E-state index contributed by atoms with van der Waals surface area (Å²) in [6.07, 6.45) is 6.47. The van der Waals surface area contributed by atoms with E-state index in [1.807, 2.05) is 0 Å². The van der Waals surface area contributed by atoms with Crippen molar-refractivity contribution in [2.75, 3.05) is 33.8 Å². The molecule has 0 spiro atoms. The van der Waals surface area contributed by atoms with E-state index in [0.29, 0.717) is 0 Å². The van der Waals surface area contributed by atoms with Gasteiger partial charge in [0.25, 0.3) is 0 Å². The Morgan fingerprint density at radius 2 is 0.667 bits per heavy atom. The second-order valence-electron chi connectivity index (χ2n) is 22.0. The van der Waals surface area contributed by atoms with Crippen molar-refractivity contribution in [2.24, 2.45) is 0 Å². The third-order valence-corrected chi connectivity index (χ3v) is 15.5. The first kappa shape index (κ1) is 55.3. The summed E-state index contributed by atoms with van der Waals surface area (Å²) >= 11 is 0. The number of anilines is 12. The normalized spacial score (nSPS) is 11.3. The van der Waals surface area contributed by atoms with E-state index in [2.05, 4.69) is 304 Å². The Kier molecular flexibility index (Phi) is 17.4. The molecule has 0 aliphatic rings. The minimum atomic E-state index is -0.0171. The van der Waals surface area contributed by atoms with Crippen molar-refractivity contribution in [3.05, 3.63) is 276 Å². The maximum absolute atomic E-state index is 5.97. The summed E-state index contributed by atoms with van der Waals surface area (Å²) in [4.78, 5) is 9.37. The van der Waals surface area contributed by atoms with Crippen molar-refractivity contribution in [2.45, 2.75) is 85.5 Å². The van der Waals surface area contributed by atoms with Gasteiger partial charge >= 0.3 is 0 Å². The fraction of sp³-hybridized carbons (Fsp3) is 0.200. The largest absolute Gasteiger partial charge is 0.496 e. The first-order valence-corrected chi connectivity index (χ1v) is 28.7. The minimum Gasteiger partial charge on any atom is -0.496 e. The van der Waals surface area contributed by atoms with Gasteiger partial charge in [-0.05, 0) is 225 Å². The van der Waals surface area contributed by atoms with Gasteiger partial charge < -0.3 is 29.1 Å². The van der Waals surface area contributed by atoms with E-state index in [9.17, 15) is 0 Å². The molecule has 0 bridgehead atoms. The predicted octanol–water partition coefficient (Wildman–Crippen LogP) is 21.2. The summed E-state index contributed by atoms with van der Waals surface area (Å²) in [7, 11) is 3.53. The molecule has 81 heavy (non-hydrogen) atoms. The van der Waals surface area contributed by atoms with Gasteiger partial charge in [-0.2, -0.15) is 0 Å². The molecular weight excluding hydrogens is 989 g/mol. The quantitative estimate of drug-likeness (QED) is 0.0629. The Morgan fingerprint density at radius 3 is 1.01 bits per heavy atom. The Hall–Kier alpha value is -9.00. The standard InChI is InChI=1S/C75H76N4O2/c1-9-10-17-49-75(5,6)72-53-59(73(80-7)54-74(72)81-8)34-31-58-32-35-62(36-33-58)79(71-30-20-23-57(4)52-71)68-47-41-65(42-48-68)76(63-37-43-66(44-38-63)77(60-24-13-11-14-25-60)69-28-18-21-55(2)50-69)64-39-45-67(46-40-64)78(61-26-15-12-16-27-61)70-29-19-22-56(3)51-70/h11-16,18-30,32-33,35-48,50-54H,9-10,17,31,34,49H2,1-8H3. The molecule has 0 aliphatic heterocycles. The van der Waals surface area contributed by atoms with Crippen molar-refractivity contribution >= 4 is 68.2 Å².